The zero-order valence-electron chi connectivity index (χ0n) is 10.6. The zero-order valence-corrected chi connectivity index (χ0v) is 10.6. The van der Waals surface area contributed by atoms with Crippen molar-refractivity contribution in [1.82, 2.24) is 4.90 Å². The Bertz CT molecular complexity index is 413. The number of hydrogen-bond acceptors (Lipinski definition) is 3. The fourth-order valence-electron chi connectivity index (χ4n) is 2.39. The van der Waals surface area contributed by atoms with Crippen LogP contribution in [0.5, 0.6) is 0 Å². The van der Waals surface area contributed by atoms with Crippen LogP contribution in [0.2, 0.25) is 0 Å². The van der Waals surface area contributed by atoms with Crippen molar-refractivity contribution in [2.45, 2.75) is 19.4 Å². The predicted octanol–water partition coefficient (Wildman–Crippen LogP) is 1.84. The van der Waals surface area contributed by atoms with E-state index in [0.717, 1.165) is 24.2 Å². The average Bonchev–Trinajstić information content (AvgIpc) is 2.37. The molecule has 0 spiro atoms. The smallest absolute Gasteiger partial charge is 0.305 e. The third kappa shape index (κ3) is 3.31. The molecule has 1 aromatic rings. The summed E-state index contributed by atoms with van der Waals surface area (Å²) in [4.78, 5) is 13.3. The quantitative estimate of drug-likeness (QED) is 0.884. The Balaban J connectivity index is 2.20. The van der Waals surface area contributed by atoms with Crippen molar-refractivity contribution < 1.29 is 14.6 Å². The van der Waals surface area contributed by atoms with Gasteiger partial charge >= 0.3 is 5.97 Å². The number of carbonyl (C=O) groups is 1. The van der Waals surface area contributed by atoms with E-state index in [9.17, 15) is 4.79 Å². The van der Waals surface area contributed by atoms with Crippen molar-refractivity contribution in [3.05, 3.63) is 35.4 Å². The molecule has 4 nitrogen and oxygen atoms in total. The van der Waals surface area contributed by atoms with Gasteiger partial charge in [-0.3, -0.25) is 9.69 Å². The Morgan fingerprint density at radius 3 is 2.78 bits per heavy atom. The lowest BCUT2D eigenvalue weighted by Crippen LogP contribution is -2.39. The normalized spacial score (nSPS) is 18.5. The van der Waals surface area contributed by atoms with Gasteiger partial charge in [0, 0.05) is 19.1 Å². The van der Waals surface area contributed by atoms with Crippen LogP contribution in [0.1, 0.15) is 23.6 Å². The minimum atomic E-state index is -0.756. The molecule has 1 saturated heterocycles. The van der Waals surface area contributed by atoms with Crippen molar-refractivity contribution >= 4 is 5.97 Å². The van der Waals surface area contributed by atoms with E-state index in [1.807, 2.05) is 25.1 Å². The molecule has 1 unspecified atom stereocenters. The summed E-state index contributed by atoms with van der Waals surface area (Å²) in [5.74, 6) is -0.756. The Labute approximate surface area is 107 Å². The van der Waals surface area contributed by atoms with Crippen LogP contribution in [0.15, 0.2) is 24.3 Å². The van der Waals surface area contributed by atoms with E-state index in [1.165, 1.54) is 0 Å². The number of carboxylic acids is 1. The largest absolute Gasteiger partial charge is 0.481 e. The van der Waals surface area contributed by atoms with Crippen molar-refractivity contribution in [1.29, 1.82) is 0 Å². The number of nitrogens with zero attached hydrogens (tertiary/aromatic N) is 1. The first-order chi connectivity index (χ1) is 8.66. The molecule has 1 aromatic carbocycles. The molecule has 4 heteroatoms. The highest BCUT2D eigenvalue weighted by Gasteiger charge is 2.24. The van der Waals surface area contributed by atoms with Crippen LogP contribution >= 0.6 is 0 Å². The molecule has 1 atom stereocenters. The molecule has 2 rings (SSSR count). The molecule has 0 amide bonds. The lowest BCUT2D eigenvalue weighted by Gasteiger charge is -2.34. The molecule has 0 aliphatic carbocycles. The summed E-state index contributed by atoms with van der Waals surface area (Å²) < 4.78 is 5.33. The summed E-state index contributed by atoms with van der Waals surface area (Å²) in [6, 6.07) is 8.05. The van der Waals surface area contributed by atoms with Crippen molar-refractivity contribution in [2.24, 2.45) is 0 Å². The topological polar surface area (TPSA) is 49.8 Å². The number of benzene rings is 1. The SMILES string of the molecule is Cc1cccc(C(CC(=O)O)N2CCOCC2)c1. The predicted molar refractivity (Wildman–Crippen MR) is 68.6 cm³/mol. The highest BCUT2D eigenvalue weighted by Crippen LogP contribution is 2.25. The average molecular weight is 249 g/mol. The van der Waals surface area contributed by atoms with Gasteiger partial charge in [0.15, 0.2) is 0 Å². The van der Waals surface area contributed by atoms with E-state index in [0.29, 0.717) is 13.2 Å². The van der Waals surface area contributed by atoms with E-state index in [4.69, 9.17) is 9.84 Å². The standard InChI is InChI=1S/C14H19NO3/c1-11-3-2-4-12(9-11)13(10-14(16)17)15-5-7-18-8-6-15/h2-4,9,13H,5-8,10H2,1H3,(H,16,17). The number of aliphatic carboxylic acids is 1. The lowest BCUT2D eigenvalue weighted by molar-refractivity contribution is -0.139. The Hall–Kier alpha value is -1.39. The van der Waals surface area contributed by atoms with E-state index >= 15 is 0 Å². The van der Waals surface area contributed by atoms with Crippen LogP contribution in [0.25, 0.3) is 0 Å². The van der Waals surface area contributed by atoms with Crippen molar-refractivity contribution in [3.63, 3.8) is 0 Å². The first-order valence-electron chi connectivity index (χ1n) is 6.27. The van der Waals surface area contributed by atoms with E-state index in [1.54, 1.807) is 0 Å². The summed E-state index contributed by atoms with van der Waals surface area (Å²) in [6.07, 6.45) is 0.142. The number of ether oxygens (including phenoxy) is 1. The first-order valence-corrected chi connectivity index (χ1v) is 6.27. The molecular weight excluding hydrogens is 230 g/mol. The molecule has 18 heavy (non-hydrogen) atoms. The second-order valence-corrected chi connectivity index (χ2v) is 4.68. The van der Waals surface area contributed by atoms with Crippen LogP contribution < -0.4 is 0 Å². The van der Waals surface area contributed by atoms with Crippen LogP contribution in [0.3, 0.4) is 0 Å². The third-order valence-corrected chi connectivity index (χ3v) is 3.28. The summed E-state index contributed by atoms with van der Waals surface area (Å²) in [6.45, 7) is 4.99. The van der Waals surface area contributed by atoms with Crippen LogP contribution in [0.4, 0.5) is 0 Å². The van der Waals surface area contributed by atoms with Gasteiger partial charge in [0.25, 0.3) is 0 Å². The van der Waals surface area contributed by atoms with Crippen LogP contribution in [-0.4, -0.2) is 42.3 Å². The minimum Gasteiger partial charge on any atom is -0.481 e. The fraction of sp³-hybridized carbons (Fsp3) is 0.500. The Morgan fingerprint density at radius 1 is 1.44 bits per heavy atom. The summed E-state index contributed by atoms with van der Waals surface area (Å²) in [5, 5.41) is 9.09. The van der Waals surface area contributed by atoms with Gasteiger partial charge in [0.2, 0.25) is 0 Å². The highest BCUT2D eigenvalue weighted by molar-refractivity contribution is 5.68. The minimum absolute atomic E-state index is 0.0497. The van der Waals surface area contributed by atoms with Gasteiger partial charge in [0.05, 0.1) is 19.6 Å². The summed E-state index contributed by atoms with van der Waals surface area (Å²) >= 11 is 0. The molecule has 1 aliphatic rings. The molecule has 1 aliphatic heterocycles. The zero-order chi connectivity index (χ0) is 13.0. The van der Waals surface area contributed by atoms with Crippen LogP contribution in [0, 0.1) is 6.92 Å². The monoisotopic (exact) mass is 249 g/mol. The summed E-state index contributed by atoms with van der Waals surface area (Å²) in [7, 11) is 0. The van der Waals surface area contributed by atoms with Gasteiger partial charge in [0.1, 0.15) is 0 Å². The molecule has 1 fully saturated rings. The van der Waals surface area contributed by atoms with Gasteiger partial charge in [-0.1, -0.05) is 29.8 Å². The second-order valence-electron chi connectivity index (χ2n) is 4.68. The number of hydrogen-bond donors (Lipinski definition) is 1. The molecular formula is C14H19NO3. The summed E-state index contributed by atoms with van der Waals surface area (Å²) in [5.41, 5.74) is 2.25. The van der Waals surface area contributed by atoms with Gasteiger partial charge < -0.3 is 9.84 Å². The van der Waals surface area contributed by atoms with Crippen LogP contribution in [-0.2, 0) is 9.53 Å². The molecule has 0 saturated carbocycles. The lowest BCUT2D eigenvalue weighted by atomic mass is 10.00. The number of rotatable bonds is 4. The van der Waals surface area contributed by atoms with Crippen molar-refractivity contribution in [2.75, 3.05) is 26.3 Å². The number of carboxylic acid groups (broad SMARTS) is 1. The third-order valence-electron chi connectivity index (χ3n) is 3.28. The second kappa shape index (κ2) is 5.98. The molecule has 0 aromatic heterocycles. The highest BCUT2D eigenvalue weighted by atomic mass is 16.5. The van der Waals surface area contributed by atoms with E-state index in [-0.39, 0.29) is 12.5 Å². The maximum Gasteiger partial charge on any atom is 0.305 e. The van der Waals surface area contributed by atoms with Gasteiger partial charge in [-0.15, -0.1) is 0 Å². The Kier molecular flexibility index (Phi) is 4.33. The van der Waals surface area contributed by atoms with Crippen molar-refractivity contribution in [3.8, 4) is 0 Å². The Morgan fingerprint density at radius 2 is 2.17 bits per heavy atom. The maximum atomic E-state index is 11.1. The van der Waals surface area contributed by atoms with Gasteiger partial charge in [-0.05, 0) is 12.5 Å². The number of morpholine rings is 1. The number of aryl methyl sites for hydroxylation is 1. The molecule has 98 valence electrons. The molecule has 0 bridgehead atoms. The van der Waals surface area contributed by atoms with Gasteiger partial charge in [-0.25, -0.2) is 0 Å². The maximum absolute atomic E-state index is 11.1. The fourth-order valence-corrected chi connectivity index (χ4v) is 2.39. The molecule has 0 radical (unpaired) electrons. The molecule has 1 N–H and O–H groups in total. The first kappa shape index (κ1) is 13.1. The van der Waals surface area contributed by atoms with E-state index < -0.39 is 5.97 Å². The molecule has 1 heterocycles. The van der Waals surface area contributed by atoms with E-state index in [2.05, 4.69) is 11.0 Å². The van der Waals surface area contributed by atoms with Gasteiger partial charge in [-0.2, -0.15) is 0 Å².